The van der Waals surface area contributed by atoms with Crippen LogP contribution in [0.2, 0.25) is 0 Å². The van der Waals surface area contributed by atoms with Gasteiger partial charge in [0.15, 0.2) is 5.78 Å². The largest absolute Gasteiger partial charge is 0.295 e. The normalized spacial score (nSPS) is 19.6. The Morgan fingerprint density at radius 3 is 2.36 bits per heavy atom. The molecule has 1 saturated carbocycles. The van der Waals surface area contributed by atoms with Gasteiger partial charge in [0.25, 0.3) is 0 Å². The Morgan fingerprint density at radius 1 is 1.36 bits per heavy atom. The van der Waals surface area contributed by atoms with Gasteiger partial charge in [-0.25, -0.2) is 0 Å². The second-order valence-corrected chi connectivity index (χ2v) is 4.76. The Morgan fingerprint density at radius 2 is 1.93 bits per heavy atom. The zero-order valence-corrected chi connectivity index (χ0v) is 9.57. The summed E-state index contributed by atoms with van der Waals surface area (Å²) < 4.78 is 0. The number of allylic oxidation sites excluding steroid dienone is 1. The standard InChI is InChI=1S/C13H22O/c1-4-13(8-5-6-9-13)10-7-12(14)11(2)3/h2,4-10H2,1,3H3. The maximum absolute atomic E-state index is 11.5. The fourth-order valence-electron chi connectivity index (χ4n) is 2.50. The molecule has 0 spiro atoms. The van der Waals surface area contributed by atoms with E-state index in [-0.39, 0.29) is 5.78 Å². The van der Waals surface area contributed by atoms with Crippen molar-refractivity contribution in [3.05, 3.63) is 12.2 Å². The maximum atomic E-state index is 11.5. The van der Waals surface area contributed by atoms with E-state index in [0.29, 0.717) is 17.4 Å². The lowest BCUT2D eigenvalue weighted by molar-refractivity contribution is -0.116. The van der Waals surface area contributed by atoms with Crippen LogP contribution in [0, 0.1) is 5.41 Å². The highest BCUT2D eigenvalue weighted by Gasteiger charge is 2.31. The number of carbonyl (C=O) groups is 1. The summed E-state index contributed by atoms with van der Waals surface area (Å²) in [6.45, 7) is 7.77. The van der Waals surface area contributed by atoms with Gasteiger partial charge in [-0.2, -0.15) is 0 Å². The lowest BCUT2D eigenvalue weighted by Crippen LogP contribution is -2.16. The first kappa shape index (κ1) is 11.5. The summed E-state index contributed by atoms with van der Waals surface area (Å²) in [6.07, 6.45) is 8.39. The van der Waals surface area contributed by atoms with Crippen molar-refractivity contribution in [3.63, 3.8) is 0 Å². The summed E-state index contributed by atoms with van der Waals surface area (Å²) in [7, 11) is 0. The van der Waals surface area contributed by atoms with E-state index in [1.807, 2.05) is 6.92 Å². The molecule has 1 heteroatoms. The van der Waals surface area contributed by atoms with E-state index in [2.05, 4.69) is 13.5 Å². The quantitative estimate of drug-likeness (QED) is 0.607. The molecule has 0 saturated heterocycles. The van der Waals surface area contributed by atoms with E-state index in [4.69, 9.17) is 0 Å². The Balaban J connectivity index is 2.42. The van der Waals surface area contributed by atoms with Gasteiger partial charge in [0.1, 0.15) is 0 Å². The first-order valence-electron chi connectivity index (χ1n) is 5.78. The van der Waals surface area contributed by atoms with Crippen molar-refractivity contribution in [1.82, 2.24) is 0 Å². The number of rotatable bonds is 5. The minimum absolute atomic E-state index is 0.254. The molecule has 0 aliphatic heterocycles. The third kappa shape index (κ3) is 2.70. The molecule has 0 bridgehead atoms. The summed E-state index contributed by atoms with van der Waals surface area (Å²) in [4.78, 5) is 11.5. The van der Waals surface area contributed by atoms with Gasteiger partial charge in [0.2, 0.25) is 0 Å². The van der Waals surface area contributed by atoms with E-state index in [1.54, 1.807) is 0 Å². The molecule has 1 fully saturated rings. The molecule has 0 atom stereocenters. The zero-order chi connectivity index (χ0) is 10.6. The highest BCUT2D eigenvalue weighted by molar-refractivity contribution is 5.94. The fourth-order valence-corrected chi connectivity index (χ4v) is 2.50. The zero-order valence-electron chi connectivity index (χ0n) is 9.57. The van der Waals surface area contributed by atoms with Crippen LogP contribution in [-0.2, 0) is 4.79 Å². The van der Waals surface area contributed by atoms with Crippen molar-refractivity contribution in [1.29, 1.82) is 0 Å². The van der Waals surface area contributed by atoms with Crippen molar-refractivity contribution >= 4 is 5.78 Å². The van der Waals surface area contributed by atoms with Gasteiger partial charge in [-0.3, -0.25) is 4.79 Å². The van der Waals surface area contributed by atoms with Gasteiger partial charge in [-0.1, -0.05) is 32.8 Å². The summed E-state index contributed by atoms with van der Waals surface area (Å²) in [6, 6.07) is 0. The molecule has 1 aliphatic carbocycles. The number of hydrogen-bond donors (Lipinski definition) is 0. The topological polar surface area (TPSA) is 17.1 Å². The van der Waals surface area contributed by atoms with Crippen LogP contribution in [-0.4, -0.2) is 5.78 Å². The molecule has 1 rings (SSSR count). The van der Waals surface area contributed by atoms with Crippen LogP contribution in [0.5, 0.6) is 0 Å². The molecule has 80 valence electrons. The van der Waals surface area contributed by atoms with Crippen molar-refractivity contribution in [2.24, 2.45) is 5.41 Å². The number of ketones is 1. The maximum Gasteiger partial charge on any atom is 0.158 e. The van der Waals surface area contributed by atoms with Crippen LogP contribution in [0.25, 0.3) is 0 Å². The molecule has 0 unspecified atom stereocenters. The lowest BCUT2D eigenvalue weighted by atomic mass is 9.78. The average molecular weight is 194 g/mol. The number of carbonyl (C=O) groups excluding carboxylic acids is 1. The molecule has 0 aromatic rings. The minimum Gasteiger partial charge on any atom is -0.295 e. The second kappa shape index (κ2) is 4.77. The van der Waals surface area contributed by atoms with Crippen molar-refractivity contribution in [3.8, 4) is 0 Å². The molecule has 0 heterocycles. The Kier molecular flexibility index (Phi) is 3.91. The van der Waals surface area contributed by atoms with Crippen molar-refractivity contribution < 1.29 is 4.79 Å². The predicted octanol–water partition coefficient (Wildman–Crippen LogP) is 3.88. The molecule has 1 aliphatic rings. The Bertz CT molecular complexity index is 221. The molecular weight excluding hydrogens is 172 g/mol. The van der Waals surface area contributed by atoms with Crippen molar-refractivity contribution in [2.45, 2.75) is 58.8 Å². The van der Waals surface area contributed by atoms with Crippen molar-refractivity contribution in [2.75, 3.05) is 0 Å². The third-order valence-electron chi connectivity index (χ3n) is 3.77. The second-order valence-electron chi connectivity index (χ2n) is 4.76. The average Bonchev–Trinajstić information content (AvgIpc) is 2.63. The van der Waals surface area contributed by atoms with Crippen LogP contribution in [0.1, 0.15) is 58.8 Å². The smallest absolute Gasteiger partial charge is 0.158 e. The van der Waals surface area contributed by atoms with Gasteiger partial charge >= 0.3 is 0 Å². The van der Waals surface area contributed by atoms with Gasteiger partial charge < -0.3 is 0 Å². The molecule has 0 aromatic heterocycles. The van der Waals surface area contributed by atoms with Gasteiger partial charge in [0.05, 0.1) is 0 Å². The third-order valence-corrected chi connectivity index (χ3v) is 3.77. The molecular formula is C13H22O. The molecule has 14 heavy (non-hydrogen) atoms. The summed E-state index contributed by atoms with van der Waals surface area (Å²) in [5, 5.41) is 0. The first-order chi connectivity index (χ1) is 6.59. The predicted molar refractivity (Wildman–Crippen MR) is 60.2 cm³/mol. The van der Waals surface area contributed by atoms with Crippen LogP contribution < -0.4 is 0 Å². The van der Waals surface area contributed by atoms with E-state index in [9.17, 15) is 4.79 Å². The van der Waals surface area contributed by atoms with Crippen LogP contribution in [0.3, 0.4) is 0 Å². The van der Waals surface area contributed by atoms with Gasteiger partial charge in [-0.15, -0.1) is 0 Å². The first-order valence-corrected chi connectivity index (χ1v) is 5.78. The molecule has 0 radical (unpaired) electrons. The number of Topliss-reactive ketones (excluding diaryl/α,β-unsaturated/α-hetero) is 1. The summed E-state index contributed by atoms with van der Waals surface area (Å²) in [5.41, 5.74) is 1.21. The number of hydrogen-bond acceptors (Lipinski definition) is 1. The monoisotopic (exact) mass is 194 g/mol. The Hall–Kier alpha value is -0.590. The highest BCUT2D eigenvalue weighted by atomic mass is 16.1. The van der Waals surface area contributed by atoms with Gasteiger partial charge in [-0.05, 0) is 37.2 Å². The molecule has 0 amide bonds. The lowest BCUT2D eigenvalue weighted by Gasteiger charge is -2.27. The molecule has 0 N–H and O–H groups in total. The molecule has 0 aromatic carbocycles. The van der Waals surface area contributed by atoms with E-state index >= 15 is 0 Å². The van der Waals surface area contributed by atoms with Crippen LogP contribution in [0.4, 0.5) is 0 Å². The van der Waals surface area contributed by atoms with Crippen LogP contribution in [0.15, 0.2) is 12.2 Å². The fraction of sp³-hybridized carbons (Fsp3) is 0.769. The van der Waals surface area contributed by atoms with Crippen LogP contribution >= 0.6 is 0 Å². The van der Waals surface area contributed by atoms with E-state index in [1.165, 1.54) is 32.1 Å². The summed E-state index contributed by atoms with van der Waals surface area (Å²) >= 11 is 0. The van der Waals surface area contributed by atoms with E-state index < -0.39 is 0 Å². The molecule has 1 nitrogen and oxygen atoms in total. The minimum atomic E-state index is 0.254. The van der Waals surface area contributed by atoms with Gasteiger partial charge in [0, 0.05) is 6.42 Å². The highest BCUT2D eigenvalue weighted by Crippen LogP contribution is 2.44. The van der Waals surface area contributed by atoms with E-state index in [0.717, 1.165) is 6.42 Å². The SMILES string of the molecule is C=C(C)C(=O)CCC1(CC)CCCC1. The Labute approximate surface area is 87.6 Å². The summed E-state index contributed by atoms with van der Waals surface area (Å²) in [5.74, 6) is 0.254.